The highest BCUT2D eigenvalue weighted by Crippen LogP contribution is 2.52. The van der Waals surface area contributed by atoms with Gasteiger partial charge in [0.05, 0.1) is 51.1 Å². The second-order valence-corrected chi connectivity index (χ2v) is 31.4. The molecule has 18 rings (SSSR count). The molecule has 16 nitrogen and oxygen atoms in total. The van der Waals surface area contributed by atoms with Gasteiger partial charge < -0.3 is 44.7 Å². The van der Waals surface area contributed by atoms with Crippen LogP contribution in [0.25, 0.3) is 32.7 Å². The van der Waals surface area contributed by atoms with Crippen LogP contribution >= 0.6 is 23.2 Å². The van der Waals surface area contributed by atoms with Gasteiger partial charge in [-0.2, -0.15) is 0 Å². The van der Waals surface area contributed by atoms with Crippen molar-refractivity contribution in [1.29, 1.82) is 0 Å². The number of halogens is 5. The van der Waals surface area contributed by atoms with E-state index in [4.69, 9.17) is 38.2 Å². The molecule has 0 spiro atoms. The van der Waals surface area contributed by atoms with E-state index in [1.165, 1.54) is 33.4 Å². The molecule has 3 saturated carbocycles. The normalized spacial score (nSPS) is 22.6. The van der Waals surface area contributed by atoms with Crippen LogP contribution in [0.4, 0.5) is 47.8 Å². The fourth-order valence-corrected chi connectivity index (χ4v) is 17.3. The van der Waals surface area contributed by atoms with Crippen LogP contribution in [0.15, 0.2) is 109 Å². The van der Waals surface area contributed by atoms with Crippen molar-refractivity contribution in [2.45, 2.75) is 177 Å². The van der Waals surface area contributed by atoms with Crippen LogP contribution in [0.1, 0.15) is 171 Å². The van der Waals surface area contributed by atoms with Gasteiger partial charge in [0.25, 0.3) is 0 Å². The molecule has 6 aliphatic heterocycles. The quantitative estimate of drug-likeness (QED) is 0.105. The van der Waals surface area contributed by atoms with E-state index in [-0.39, 0.29) is 30.0 Å². The Kier molecular flexibility index (Phi) is 18.9. The second kappa shape index (κ2) is 28.1. The summed E-state index contributed by atoms with van der Waals surface area (Å²) in [6.07, 6.45) is 12.9. The molecule has 534 valence electrons. The number of piperidine rings is 3. The lowest BCUT2D eigenvalue weighted by atomic mass is 9.81. The summed E-state index contributed by atoms with van der Waals surface area (Å²) in [6, 6.07) is 35.9. The van der Waals surface area contributed by atoms with Gasteiger partial charge >= 0.3 is 0 Å². The van der Waals surface area contributed by atoms with Crippen molar-refractivity contribution in [2.24, 2.45) is 0 Å². The Morgan fingerprint density at radius 2 is 0.735 bits per heavy atom. The first-order chi connectivity index (χ1) is 49.3. The van der Waals surface area contributed by atoms with Crippen molar-refractivity contribution in [3.8, 4) is 0 Å². The number of anilines is 6. The van der Waals surface area contributed by atoms with E-state index in [0.717, 1.165) is 174 Å². The fourth-order valence-electron chi connectivity index (χ4n) is 16.8. The van der Waals surface area contributed by atoms with E-state index < -0.39 is 17.0 Å². The van der Waals surface area contributed by atoms with Gasteiger partial charge in [-0.05, 0) is 205 Å². The Hall–Kier alpha value is -7.68. The average molecular weight is 1420 g/mol. The molecule has 3 aliphatic carbocycles. The zero-order valence-corrected chi connectivity index (χ0v) is 60.2. The van der Waals surface area contributed by atoms with Crippen molar-refractivity contribution < 1.29 is 28.5 Å². The number of pyridine rings is 1. The first-order valence-electron chi connectivity index (χ1n) is 37.3. The number of aromatic nitrogens is 7. The van der Waals surface area contributed by atoms with Crippen LogP contribution < -0.4 is 29.4 Å². The molecule has 9 aromatic rings. The van der Waals surface area contributed by atoms with Crippen molar-refractivity contribution in [3.63, 3.8) is 0 Å². The molecule has 9 aliphatic rings. The zero-order chi connectivity index (χ0) is 70.2. The summed E-state index contributed by atoms with van der Waals surface area (Å²) < 4.78 is 45.6. The smallest absolute Gasteiger partial charge is 0.170 e. The lowest BCUT2D eigenvalue weighted by Gasteiger charge is -2.36. The van der Waals surface area contributed by atoms with Gasteiger partial charge in [-0.3, -0.25) is 0 Å². The highest BCUT2D eigenvalue weighted by atomic mass is 35.5. The first-order valence-corrected chi connectivity index (χ1v) is 38.1. The average Bonchev–Trinajstić information content (AvgIpc) is 1.45. The van der Waals surface area contributed by atoms with Gasteiger partial charge in [-0.25, -0.2) is 48.1 Å². The third-order valence-electron chi connectivity index (χ3n) is 23.5. The fraction of sp³-hybridized carbons (Fsp3) is 0.494. The largest absolute Gasteiger partial charge is 0.391 e. The van der Waals surface area contributed by atoms with Gasteiger partial charge in [0.2, 0.25) is 0 Å². The van der Waals surface area contributed by atoms with Crippen LogP contribution in [0.5, 0.6) is 0 Å². The number of hydrogen-bond donors (Lipinski definition) is 3. The third kappa shape index (κ3) is 13.9. The minimum atomic E-state index is -1.45. The summed E-state index contributed by atoms with van der Waals surface area (Å²) in [7, 11) is 0. The van der Waals surface area contributed by atoms with Crippen molar-refractivity contribution >= 4 is 90.6 Å². The summed E-state index contributed by atoms with van der Waals surface area (Å²) in [5.41, 5.74) is 7.92. The predicted molar refractivity (Wildman–Crippen MR) is 402 cm³/mol. The monoisotopic (exact) mass is 1420 g/mol. The Morgan fingerprint density at radius 3 is 1.08 bits per heavy atom. The number of aliphatic hydroxyl groups is 3. The van der Waals surface area contributed by atoms with Crippen molar-refractivity contribution in [3.05, 3.63) is 170 Å². The van der Waals surface area contributed by atoms with Gasteiger partial charge in [0.1, 0.15) is 23.3 Å². The van der Waals surface area contributed by atoms with Gasteiger partial charge in [0.15, 0.2) is 34.5 Å². The molecule has 0 radical (unpaired) electrons. The number of aliphatic hydroxyl groups excluding tert-OH is 3. The minimum Gasteiger partial charge on any atom is -0.391 e. The number of alkyl halides is 3. The Bertz CT molecular complexity index is 4590. The van der Waals surface area contributed by atoms with Crippen molar-refractivity contribution in [2.75, 3.05) is 108 Å². The molecule has 10 heterocycles. The molecule has 102 heavy (non-hydrogen) atoms. The van der Waals surface area contributed by atoms with E-state index >= 15 is 13.2 Å². The van der Waals surface area contributed by atoms with Crippen LogP contribution in [-0.2, 0) is 17.0 Å². The van der Waals surface area contributed by atoms with Gasteiger partial charge in [-0.15, -0.1) is 0 Å². The number of nitrogens with zero attached hydrogens (tertiary/aromatic N) is 13. The summed E-state index contributed by atoms with van der Waals surface area (Å²) >= 11 is 13.5. The second-order valence-electron chi connectivity index (χ2n) is 30.6. The van der Waals surface area contributed by atoms with Gasteiger partial charge in [-0.1, -0.05) is 96.0 Å². The Labute approximate surface area is 605 Å². The van der Waals surface area contributed by atoms with Crippen LogP contribution in [0.2, 0.25) is 10.0 Å². The minimum absolute atomic E-state index is 0.266. The van der Waals surface area contributed by atoms with Crippen LogP contribution in [0, 0.1) is 20.8 Å². The lowest BCUT2D eigenvalue weighted by molar-refractivity contribution is 0.0512. The number of benzene rings is 5. The maximum atomic E-state index is 15.5. The SMILES string of the molecule is Cc1ccccc1C1CCN(c2nc(C3(F)CC3)nc3c(Cl)cc(N4CC[C@H](O)C4)cc23)CC1.Cc1ccccc1C1CCN(c2nc(C3(F)CC3)nc3cnc(N4CC[C@@H](O)C4)cc23)CC1.Cc1ccccc1C1CCN(c2nc(C3(F)CCC3)nc3c(Cl)cc(N4CC[C@H](O)C4)cc23)CC1. The number of aryl methyl sites for hydroxylation is 3. The van der Waals surface area contributed by atoms with Crippen molar-refractivity contribution in [1.82, 2.24) is 34.9 Å². The summed E-state index contributed by atoms with van der Waals surface area (Å²) in [5.74, 6) is 5.65. The van der Waals surface area contributed by atoms with E-state index in [0.29, 0.717) is 108 Å². The lowest BCUT2D eigenvalue weighted by Crippen LogP contribution is -2.36. The maximum absolute atomic E-state index is 15.5. The molecule has 0 bridgehead atoms. The van der Waals surface area contributed by atoms with Crippen LogP contribution in [0.3, 0.4) is 0 Å². The molecular weight excluding hydrogens is 1330 g/mol. The summed E-state index contributed by atoms with van der Waals surface area (Å²) in [6.45, 7) is 15.8. The van der Waals surface area contributed by atoms with Crippen LogP contribution in [-0.4, -0.2) is 147 Å². The molecule has 0 unspecified atom stereocenters. The predicted octanol–water partition coefficient (Wildman–Crippen LogP) is 15.6. The standard InChI is InChI=1S/C28H32ClFN4O.C27H30ClFN4O.C26H30FN5O/c1-18-5-2-3-6-22(18)19-7-12-33(13-8-19)26-23-15-20(34-14-9-21(35)17-34)16-24(29)25(23)31-27(32-26)28(30)10-4-11-28;1-17-4-2-3-5-21(17)18-6-11-32(12-7-18)25-22-14-19(33-13-8-20(34)16-33)15-23(28)24(22)30-26(31-25)27(29)9-10-27;1-17-4-2-3-5-20(17)18-6-11-31(12-7-18)24-21-14-23(32-13-8-19(33)16-32)28-15-22(21)29-25(30-24)26(27)9-10-26/h2-3,5-6,15-16,19,21,35H,4,7-14,17H2,1H3;2-5,14-15,18,20,34H,6-13,16H2,1H3;2-5,14-15,18-19,33H,6-13,16H2,1H3/t21-;20-;19-/m001/s1. The molecule has 4 aromatic heterocycles. The molecule has 5 aromatic carbocycles. The number of rotatable bonds is 12. The Morgan fingerprint density at radius 1 is 0.392 bits per heavy atom. The van der Waals surface area contributed by atoms with E-state index in [1.54, 1.807) is 6.20 Å². The van der Waals surface area contributed by atoms with E-state index in [1.807, 2.05) is 18.2 Å². The Balaban J connectivity index is 0.000000118. The molecule has 6 saturated heterocycles. The molecule has 0 amide bonds. The van der Waals surface area contributed by atoms with E-state index in [9.17, 15) is 15.3 Å². The van der Waals surface area contributed by atoms with E-state index in [2.05, 4.69) is 155 Å². The molecular formula is C81H92Cl2F3N13O3. The topological polar surface area (TPSA) is 170 Å². The maximum Gasteiger partial charge on any atom is 0.170 e. The number of β-amino-alcohol motifs (C(OH)–C–C–N with tert-alkyl or cyclic N) is 3. The molecule has 3 atom stereocenters. The number of hydrogen-bond acceptors (Lipinski definition) is 16. The highest BCUT2D eigenvalue weighted by molar-refractivity contribution is 6.36. The third-order valence-corrected chi connectivity index (χ3v) is 24.1. The first kappa shape index (κ1) is 68.7. The highest BCUT2D eigenvalue weighted by Gasteiger charge is 2.50. The molecule has 3 N–H and O–H groups in total. The summed E-state index contributed by atoms with van der Waals surface area (Å²) in [5, 5.41) is 33.7. The zero-order valence-electron chi connectivity index (χ0n) is 58.7. The molecule has 21 heteroatoms. The number of fused-ring (bicyclic) bond motifs is 3. The molecule has 9 fully saturated rings. The summed E-state index contributed by atoms with van der Waals surface area (Å²) in [4.78, 5) is 46.2. The van der Waals surface area contributed by atoms with Gasteiger partial charge in [0, 0.05) is 106 Å².